The summed E-state index contributed by atoms with van der Waals surface area (Å²) >= 11 is 5.73. The summed E-state index contributed by atoms with van der Waals surface area (Å²) in [4.78, 5) is 7.88. The van der Waals surface area contributed by atoms with Gasteiger partial charge >= 0.3 is 0 Å². The number of halogens is 1. The zero-order valence-electron chi connectivity index (χ0n) is 7.63. The number of rotatable bonds is 2. The fourth-order valence-electron chi connectivity index (χ4n) is 1.13. The third-order valence-corrected chi connectivity index (χ3v) is 1.94. The fraction of sp³-hybridized carbons (Fsp3) is 0.111. The third kappa shape index (κ3) is 2.30. The van der Waals surface area contributed by atoms with Crippen molar-refractivity contribution in [2.75, 3.05) is 0 Å². The Morgan fingerprint density at radius 1 is 1.47 bits per heavy atom. The van der Waals surface area contributed by atoms with Crippen LogP contribution in [0, 0.1) is 11.3 Å². The highest BCUT2D eigenvalue weighted by Crippen LogP contribution is 2.05. The first-order chi connectivity index (χ1) is 7.28. The molecule has 6 heteroatoms. The maximum absolute atomic E-state index is 8.54. The summed E-state index contributed by atoms with van der Waals surface area (Å²) in [6.45, 7) is 0.454. The van der Waals surface area contributed by atoms with E-state index in [1.54, 1.807) is 6.07 Å². The zero-order valence-corrected chi connectivity index (χ0v) is 8.39. The minimum atomic E-state index is 0.150. The molecule has 0 bridgehead atoms. The van der Waals surface area contributed by atoms with Crippen molar-refractivity contribution in [1.82, 2.24) is 19.7 Å². The molecule has 2 rings (SSSR count). The van der Waals surface area contributed by atoms with Gasteiger partial charge in [0.1, 0.15) is 17.5 Å². The predicted molar refractivity (Wildman–Crippen MR) is 53.1 cm³/mol. The maximum atomic E-state index is 8.54. The van der Waals surface area contributed by atoms with E-state index in [4.69, 9.17) is 16.9 Å². The lowest BCUT2D eigenvalue weighted by Gasteiger charge is -1.99. The number of hydrogen-bond acceptors (Lipinski definition) is 4. The highest BCUT2D eigenvalue weighted by Gasteiger charge is 2.01. The summed E-state index contributed by atoms with van der Waals surface area (Å²) in [5.74, 6) is 0.150. The van der Waals surface area contributed by atoms with E-state index in [-0.39, 0.29) is 5.82 Å². The van der Waals surface area contributed by atoms with Gasteiger partial charge in [0.05, 0.1) is 12.2 Å². The van der Waals surface area contributed by atoms with Crippen LogP contribution in [-0.4, -0.2) is 19.7 Å². The zero-order chi connectivity index (χ0) is 10.7. The second-order valence-corrected chi connectivity index (χ2v) is 3.22. The van der Waals surface area contributed by atoms with Crippen molar-refractivity contribution in [3.8, 4) is 6.07 Å². The van der Waals surface area contributed by atoms with Gasteiger partial charge in [-0.05, 0) is 12.1 Å². The highest BCUT2D eigenvalue weighted by molar-refractivity contribution is 6.29. The van der Waals surface area contributed by atoms with Gasteiger partial charge in [-0.1, -0.05) is 17.7 Å². The quantitative estimate of drug-likeness (QED) is 0.713. The third-order valence-electron chi connectivity index (χ3n) is 1.73. The Kier molecular flexibility index (Phi) is 2.61. The molecule has 0 amide bonds. The number of pyridine rings is 1. The van der Waals surface area contributed by atoms with Gasteiger partial charge in [-0.2, -0.15) is 5.26 Å². The van der Waals surface area contributed by atoms with E-state index in [2.05, 4.69) is 15.1 Å². The van der Waals surface area contributed by atoms with E-state index in [1.165, 1.54) is 11.0 Å². The smallest absolute Gasteiger partial charge is 0.246 e. The molecule has 2 heterocycles. The predicted octanol–water partition coefficient (Wildman–Crippen LogP) is 1.25. The average molecular weight is 220 g/mol. The molecule has 0 spiro atoms. The van der Waals surface area contributed by atoms with E-state index in [0.29, 0.717) is 11.7 Å². The van der Waals surface area contributed by atoms with Crippen molar-refractivity contribution in [1.29, 1.82) is 5.26 Å². The van der Waals surface area contributed by atoms with Crippen LogP contribution < -0.4 is 0 Å². The van der Waals surface area contributed by atoms with Crippen LogP contribution in [-0.2, 0) is 6.54 Å². The van der Waals surface area contributed by atoms with E-state index in [0.717, 1.165) is 5.69 Å². The second kappa shape index (κ2) is 4.07. The van der Waals surface area contributed by atoms with Gasteiger partial charge in [0.2, 0.25) is 0 Å². The Balaban J connectivity index is 2.19. The minimum Gasteiger partial charge on any atom is -0.246 e. The van der Waals surface area contributed by atoms with E-state index < -0.39 is 0 Å². The molecule has 0 saturated heterocycles. The van der Waals surface area contributed by atoms with Crippen LogP contribution in [0.1, 0.15) is 11.5 Å². The molecule has 0 radical (unpaired) electrons. The molecule has 2 aromatic rings. The van der Waals surface area contributed by atoms with E-state index in [9.17, 15) is 0 Å². The first-order valence-corrected chi connectivity index (χ1v) is 4.57. The van der Waals surface area contributed by atoms with Crippen molar-refractivity contribution >= 4 is 11.6 Å². The molecular weight excluding hydrogens is 214 g/mol. The molecule has 15 heavy (non-hydrogen) atoms. The van der Waals surface area contributed by atoms with Crippen LogP contribution in [0.3, 0.4) is 0 Å². The fourth-order valence-corrected chi connectivity index (χ4v) is 1.31. The topological polar surface area (TPSA) is 67.4 Å². The normalized spacial score (nSPS) is 9.87. The summed E-state index contributed by atoms with van der Waals surface area (Å²) < 4.78 is 1.54. The van der Waals surface area contributed by atoms with Crippen molar-refractivity contribution in [3.05, 3.63) is 41.2 Å². The van der Waals surface area contributed by atoms with Crippen LogP contribution in [0.2, 0.25) is 5.15 Å². The van der Waals surface area contributed by atoms with Crippen molar-refractivity contribution in [2.24, 2.45) is 0 Å². The van der Waals surface area contributed by atoms with Crippen LogP contribution >= 0.6 is 11.6 Å². The Labute approximate surface area is 91.0 Å². The van der Waals surface area contributed by atoms with Gasteiger partial charge in [-0.3, -0.25) is 0 Å². The van der Waals surface area contributed by atoms with E-state index in [1.807, 2.05) is 18.2 Å². The molecule has 0 aliphatic heterocycles. The Morgan fingerprint density at radius 2 is 2.33 bits per heavy atom. The molecule has 5 nitrogen and oxygen atoms in total. The largest absolute Gasteiger partial charge is 0.252 e. The molecule has 0 fully saturated rings. The van der Waals surface area contributed by atoms with Crippen LogP contribution in [0.15, 0.2) is 24.5 Å². The van der Waals surface area contributed by atoms with Crippen LogP contribution in [0.5, 0.6) is 0 Å². The molecule has 0 unspecified atom stereocenters. The van der Waals surface area contributed by atoms with Gasteiger partial charge in [-0.25, -0.2) is 14.6 Å². The summed E-state index contributed by atoms with van der Waals surface area (Å²) in [5.41, 5.74) is 0.775. The molecule has 0 saturated carbocycles. The van der Waals surface area contributed by atoms with Crippen LogP contribution in [0.25, 0.3) is 0 Å². The molecule has 0 aliphatic carbocycles. The van der Waals surface area contributed by atoms with Crippen molar-refractivity contribution in [2.45, 2.75) is 6.54 Å². The lowest BCUT2D eigenvalue weighted by atomic mass is 10.3. The first-order valence-electron chi connectivity index (χ1n) is 4.19. The van der Waals surface area contributed by atoms with Gasteiger partial charge in [0.15, 0.2) is 0 Å². The summed E-state index contributed by atoms with van der Waals surface area (Å²) in [5, 5.41) is 12.9. The summed E-state index contributed by atoms with van der Waals surface area (Å²) in [6.07, 6.45) is 1.49. The molecule has 0 N–H and O–H groups in total. The van der Waals surface area contributed by atoms with Crippen molar-refractivity contribution in [3.63, 3.8) is 0 Å². The van der Waals surface area contributed by atoms with Gasteiger partial charge in [0.25, 0.3) is 5.82 Å². The molecule has 2 aromatic heterocycles. The highest BCUT2D eigenvalue weighted by atomic mass is 35.5. The SMILES string of the molecule is N#Cc1ncn(Cc2cccc(Cl)n2)n1. The number of nitrogens with zero attached hydrogens (tertiary/aromatic N) is 5. The minimum absolute atomic E-state index is 0.150. The van der Waals surface area contributed by atoms with Gasteiger partial charge in [0, 0.05) is 0 Å². The number of nitriles is 1. The molecule has 74 valence electrons. The molecule has 0 aliphatic rings. The van der Waals surface area contributed by atoms with Crippen LogP contribution in [0.4, 0.5) is 0 Å². The Bertz CT molecular complexity index is 513. The Hall–Kier alpha value is -1.93. The summed E-state index contributed by atoms with van der Waals surface area (Å²) in [6, 6.07) is 7.20. The second-order valence-electron chi connectivity index (χ2n) is 2.83. The van der Waals surface area contributed by atoms with Crippen molar-refractivity contribution < 1.29 is 0 Å². The number of hydrogen-bond donors (Lipinski definition) is 0. The molecule has 0 aromatic carbocycles. The standard InChI is InChI=1S/C9H6ClN5/c10-8-3-1-2-7(13-8)5-15-6-12-9(4-11)14-15/h1-3,6H,5H2. The monoisotopic (exact) mass is 219 g/mol. The number of aromatic nitrogens is 4. The van der Waals surface area contributed by atoms with E-state index >= 15 is 0 Å². The van der Waals surface area contributed by atoms with Gasteiger partial charge in [-0.15, -0.1) is 5.10 Å². The first kappa shape index (κ1) is 9.62. The lowest BCUT2D eigenvalue weighted by Crippen LogP contribution is -2.02. The lowest BCUT2D eigenvalue weighted by molar-refractivity contribution is 0.668. The Morgan fingerprint density at radius 3 is 3.00 bits per heavy atom. The average Bonchev–Trinajstić information content (AvgIpc) is 2.65. The molecule has 0 atom stereocenters. The summed E-state index contributed by atoms with van der Waals surface area (Å²) in [7, 11) is 0. The van der Waals surface area contributed by atoms with Gasteiger partial charge < -0.3 is 0 Å². The maximum Gasteiger partial charge on any atom is 0.252 e. The molecular formula is C9H6ClN5.